The predicted molar refractivity (Wildman–Crippen MR) is 68.7 cm³/mol. The second-order valence-corrected chi connectivity index (χ2v) is 4.01. The van der Waals surface area contributed by atoms with Crippen LogP contribution in [0.1, 0.15) is 17.3 Å². The van der Waals surface area contributed by atoms with E-state index in [1.54, 1.807) is 14.0 Å². The molecule has 0 saturated heterocycles. The van der Waals surface area contributed by atoms with Gasteiger partial charge in [-0.05, 0) is 19.1 Å². The molecule has 1 rings (SSSR count). The molecule has 1 N–H and O–H groups in total. The molecule has 7 nitrogen and oxygen atoms in total. The molecule has 2 amide bonds. The molecule has 0 aliphatic rings. The molecule has 108 valence electrons. The fourth-order valence-corrected chi connectivity index (χ4v) is 1.36. The lowest BCUT2D eigenvalue weighted by Crippen LogP contribution is -2.38. The van der Waals surface area contributed by atoms with E-state index in [-0.39, 0.29) is 18.0 Å². The molecule has 20 heavy (non-hydrogen) atoms. The molecule has 0 bridgehead atoms. The minimum atomic E-state index is -1.02. The topological polar surface area (TPSA) is 92.6 Å². The highest BCUT2D eigenvalue weighted by atomic mass is 19.1. The Morgan fingerprint density at radius 2 is 2.10 bits per heavy atom. The highest BCUT2D eigenvalue weighted by molar-refractivity contribution is 5.96. The van der Waals surface area contributed by atoms with Gasteiger partial charge in [0.25, 0.3) is 5.91 Å². The Morgan fingerprint density at radius 1 is 1.45 bits per heavy atom. The maximum atomic E-state index is 13.1. The number of amides is 2. The number of nitrogens with zero attached hydrogens (tertiary/aromatic N) is 2. The Kier molecular flexibility index (Phi) is 5.13. The molecule has 0 heterocycles. The highest BCUT2D eigenvalue weighted by Gasteiger charge is 2.18. The van der Waals surface area contributed by atoms with Crippen molar-refractivity contribution in [3.05, 3.63) is 39.7 Å². The van der Waals surface area contributed by atoms with Gasteiger partial charge in [-0.25, -0.2) is 0 Å². The number of carbonyl (C=O) groups excluding carboxylic acids is 2. The van der Waals surface area contributed by atoms with E-state index in [0.29, 0.717) is 6.54 Å². The Hall–Kier alpha value is -2.51. The molecule has 0 atom stereocenters. The Labute approximate surface area is 114 Å². The summed E-state index contributed by atoms with van der Waals surface area (Å²) in [5, 5.41) is 12.9. The van der Waals surface area contributed by atoms with E-state index in [9.17, 15) is 24.1 Å². The summed E-state index contributed by atoms with van der Waals surface area (Å²) in [6.45, 7) is 2.05. The molecular formula is C12H14FN3O4. The summed E-state index contributed by atoms with van der Waals surface area (Å²) in [5.41, 5.74) is -0.861. The van der Waals surface area contributed by atoms with Crippen LogP contribution >= 0.6 is 0 Å². The van der Waals surface area contributed by atoms with Crippen molar-refractivity contribution in [2.75, 3.05) is 20.1 Å². The summed E-state index contributed by atoms with van der Waals surface area (Å²) in [6.07, 6.45) is 0. The van der Waals surface area contributed by atoms with Crippen molar-refractivity contribution in [1.29, 1.82) is 0 Å². The van der Waals surface area contributed by atoms with Crippen LogP contribution in [0.4, 0.5) is 10.1 Å². The normalized spacial score (nSPS) is 9.95. The number of carbonyl (C=O) groups is 2. The first-order valence-corrected chi connectivity index (χ1v) is 5.83. The maximum absolute atomic E-state index is 13.1. The first-order chi connectivity index (χ1) is 9.36. The van der Waals surface area contributed by atoms with Crippen molar-refractivity contribution in [3.63, 3.8) is 0 Å². The third-order valence-corrected chi connectivity index (χ3v) is 2.71. The fourth-order valence-electron chi connectivity index (χ4n) is 1.36. The van der Waals surface area contributed by atoms with Gasteiger partial charge in [-0.1, -0.05) is 0 Å². The first kappa shape index (κ1) is 15.5. The maximum Gasteiger partial charge on any atom is 0.305 e. The molecule has 0 unspecified atom stereocenters. The zero-order valence-electron chi connectivity index (χ0n) is 11.1. The van der Waals surface area contributed by atoms with E-state index in [2.05, 4.69) is 5.32 Å². The number of halogens is 1. The lowest BCUT2D eigenvalue weighted by molar-refractivity contribution is -0.387. The predicted octanol–water partition coefficient (Wildman–Crippen LogP) is 0.942. The van der Waals surface area contributed by atoms with Gasteiger partial charge in [0.15, 0.2) is 0 Å². The molecule has 0 aliphatic heterocycles. The van der Waals surface area contributed by atoms with Gasteiger partial charge >= 0.3 is 5.69 Å². The van der Waals surface area contributed by atoms with Crippen LogP contribution in [-0.4, -0.2) is 41.8 Å². The number of hydrogen-bond acceptors (Lipinski definition) is 4. The van der Waals surface area contributed by atoms with Crippen molar-refractivity contribution >= 4 is 17.5 Å². The first-order valence-electron chi connectivity index (χ1n) is 5.83. The van der Waals surface area contributed by atoms with Gasteiger partial charge in [0, 0.05) is 25.2 Å². The largest absolute Gasteiger partial charge is 0.345 e. The van der Waals surface area contributed by atoms with Crippen molar-refractivity contribution in [2.24, 2.45) is 0 Å². The van der Waals surface area contributed by atoms with Gasteiger partial charge in [0.2, 0.25) is 11.7 Å². The summed E-state index contributed by atoms with van der Waals surface area (Å²) < 4.78 is 13.1. The summed E-state index contributed by atoms with van der Waals surface area (Å²) >= 11 is 0. The monoisotopic (exact) mass is 283 g/mol. The van der Waals surface area contributed by atoms with Gasteiger partial charge in [-0.15, -0.1) is 0 Å². The quantitative estimate of drug-likeness (QED) is 0.643. The van der Waals surface area contributed by atoms with E-state index in [0.717, 1.165) is 18.2 Å². The summed E-state index contributed by atoms with van der Waals surface area (Å²) in [6, 6.07) is 2.79. The number of nitro groups is 1. The minimum absolute atomic E-state index is 0.0787. The van der Waals surface area contributed by atoms with Crippen molar-refractivity contribution < 1.29 is 18.9 Å². The number of rotatable bonds is 5. The zero-order chi connectivity index (χ0) is 15.3. The Morgan fingerprint density at radius 3 is 2.65 bits per heavy atom. The molecule has 8 heteroatoms. The van der Waals surface area contributed by atoms with Crippen LogP contribution in [0.5, 0.6) is 0 Å². The summed E-state index contributed by atoms with van der Waals surface area (Å²) in [7, 11) is 1.58. The van der Waals surface area contributed by atoms with E-state index in [1.807, 2.05) is 0 Å². The molecule has 0 aliphatic carbocycles. The lowest BCUT2D eigenvalue weighted by Gasteiger charge is -2.14. The third-order valence-electron chi connectivity index (χ3n) is 2.71. The molecule has 1 aromatic carbocycles. The molecule has 0 radical (unpaired) electrons. The number of likely N-dealkylation sites (N-methyl/N-ethyl adjacent to an activating group) is 1. The smallest absolute Gasteiger partial charge is 0.305 e. The van der Waals surface area contributed by atoms with E-state index in [4.69, 9.17) is 0 Å². The Balaban J connectivity index is 2.76. The fraction of sp³-hybridized carbons (Fsp3) is 0.333. The number of nitro benzene ring substituents is 1. The van der Waals surface area contributed by atoms with Crippen LogP contribution in [0.15, 0.2) is 18.2 Å². The average Bonchev–Trinajstić information content (AvgIpc) is 2.43. The van der Waals surface area contributed by atoms with Gasteiger partial charge < -0.3 is 10.2 Å². The Bertz CT molecular complexity index is 548. The molecule has 0 saturated carbocycles. The SMILES string of the molecule is CCN(C)C(=O)CNC(=O)c1ccc(F)c([N+](=O)[O-])c1. The molecule has 0 spiro atoms. The van der Waals surface area contributed by atoms with Crippen LogP contribution in [-0.2, 0) is 4.79 Å². The van der Waals surface area contributed by atoms with Crippen molar-refractivity contribution in [3.8, 4) is 0 Å². The minimum Gasteiger partial charge on any atom is -0.345 e. The third kappa shape index (κ3) is 3.74. The number of benzene rings is 1. The van der Waals surface area contributed by atoms with Gasteiger partial charge in [-0.2, -0.15) is 4.39 Å². The second kappa shape index (κ2) is 6.60. The van der Waals surface area contributed by atoms with Crippen LogP contribution in [0.2, 0.25) is 0 Å². The zero-order valence-corrected chi connectivity index (χ0v) is 11.1. The van der Waals surface area contributed by atoms with Crippen LogP contribution in [0.25, 0.3) is 0 Å². The number of hydrogen-bond donors (Lipinski definition) is 1. The molecular weight excluding hydrogens is 269 g/mol. The van der Waals surface area contributed by atoms with Gasteiger partial charge in [0.05, 0.1) is 11.5 Å². The van der Waals surface area contributed by atoms with Crippen molar-refractivity contribution in [2.45, 2.75) is 6.92 Å². The van der Waals surface area contributed by atoms with Gasteiger partial charge in [-0.3, -0.25) is 19.7 Å². The van der Waals surface area contributed by atoms with E-state index < -0.39 is 22.3 Å². The van der Waals surface area contributed by atoms with Crippen LogP contribution in [0.3, 0.4) is 0 Å². The average molecular weight is 283 g/mol. The van der Waals surface area contributed by atoms with Gasteiger partial charge in [0.1, 0.15) is 0 Å². The standard InChI is InChI=1S/C12H14FN3O4/c1-3-15(2)11(17)7-14-12(18)8-4-5-9(13)10(6-8)16(19)20/h4-6H,3,7H2,1-2H3,(H,14,18). The molecule has 0 aromatic heterocycles. The summed E-state index contributed by atoms with van der Waals surface area (Å²) in [5.74, 6) is -1.99. The molecule has 1 aromatic rings. The van der Waals surface area contributed by atoms with Crippen molar-refractivity contribution in [1.82, 2.24) is 10.2 Å². The van der Waals surface area contributed by atoms with Crippen LogP contribution in [0, 0.1) is 15.9 Å². The van der Waals surface area contributed by atoms with Crippen LogP contribution < -0.4 is 5.32 Å². The lowest BCUT2D eigenvalue weighted by atomic mass is 10.2. The van der Waals surface area contributed by atoms with E-state index in [1.165, 1.54) is 4.90 Å². The molecule has 0 fully saturated rings. The number of nitrogens with one attached hydrogen (secondary N) is 1. The summed E-state index contributed by atoms with van der Waals surface area (Å²) in [4.78, 5) is 34.3. The van der Waals surface area contributed by atoms with E-state index >= 15 is 0 Å². The second-order valence-electron chi connectivity index (χ2n) is 4.01. The highest BCUT2D eigenvalue weighted by Crippen LogP contribution is 2.18.